The SMILES string of the molecule is Cc1ccccc1CN(C)C(=O)COC(=O)/C=C/c1ccc(C#N)cc1. The van der Waals surface area contributed by atoms with Crippen LogP contribution in [0.2, 0.25) is 0 Å². The van der Waals surface area contributed by atoms with Crippen molar-refractivity contribution in [3.63, 3.8) is 0 Å². The number of carbonyl (C=O) groups is 2. The van der Waals surface area contributed by atoms with E-state index >= 15 is 0 Å². The summed E-state index contributed by atoms with van der Waals surface area (Å²) in [6, 6.07) is 16.6. The highest BCUT2D eigenvalue weighted by Crippen LogP contribution is 2.10. The summed E-state index contributed by atoms with van der Waals surface area (Å²) in [5.74, 6) is -0.861. The molecule has 2 aromatic rings. The molecule has 0 saturated carbocycles. The summed E-state index contributed by atoms with van der Waals surface area (Å²) in [5.41, 5.74) is 3.47. The first-order valence-corrected chi connectivity index (χ1v) is 8.13. The van der Waals surface area contributed by atoms with E-state index in [2.05, 4.69) is 0 Å². The molecule has 0 saturated heterocycles. The number of amides is 1. The number of likely N-dealkylation sites (N-methyl/N-ethyl adjacent to an activating group) is 1. The molecule has 5 heteroatoms. The predicted octanol–water partition coefficient (Wildman–Crippen LogP) is 3.08. The zero-order valence-electron chi connectivity index (χ0n) is 14.8. The quantitative estimate of drug-likeness (QED) is 0.594. The smallest absolute Gasteiger partial charge is 0.331 e. The zero-order valence-corrected chi connectivity index (χ0v) is 14.8. The van der Waals surface area contributed by atoms with Crippen LogP contribution in [0, 0.1) is 18.3 Å². The van der Waals surface area contributed by atoms with Crippen molar-refractivity contribution in [3.8, 4) is 6.07 Å². The van der Waals surface area contributed by atoms with E-state index in [1.807, 2.05) is 37.3 Å². The van der Waals surface area contributed by atoms with Gasteiger partial charge in [0.15, 0.2) is 6.61 Å². The van der Waals surface area contributed by atoms with Gasteiger partial charge in [-0.1, -0.05) is 36.4 Å². The lowest BCUT2D eigenvalue weighted by molar-refractivity contribution is -0.147. The van der Waals surface area contributed by atoms with Gasteiger partial charge in [-0.3, -0.25) is 4.79 Å². The number of benzene rings is 2. The molecule has 26 heavy (non-hydrogen) atoms. The van der Waals surface area contributed by atoms with Crippen molar-refractivity contribution in [2.75, 3.05) is 13.7 Å². The normalized spacial score (nSPS) is 10.3. The number of aryl methyl sites for hydroxylation is 1. The third-order valence-corrected chi connectivity index (χ3v) is 3.88. The van der Waals surface area contributed by atoms with Gasteiger partial charge in [0, 0.05) is 19.7 Å². The molecule has 0 unspecified atom stereocenters. The molecule has 2 aromatic carbocycles. The first-order valence-electron chi connectivity index (χ1n) is 8.13. The Morgan fingerprint density at radius 2 is 1.85 bits per heavy atom. The number of nitriles is 1. The summed E-state index contributed by atoms with van der Waals surface area (Å²) < 4.78 is 4.99. The molecule has 0 aromatic heterocycles. The highest BCUT2D eigenvalue weighted by Gasteiger charge is 2.12. The Morgan fingerprint density at radius 1 is 1.15 bits per heavy atom. The zero-order chi connectivity index (χ0) is 18.9. The fraction of sp³-hybridized carbons (Fsp3) is 0.190. The molecule has 0 aliphatic rings. The molecule has 0 heterocycles. The average Bonchev–Trinajstić information content (AvgIpc) is 2.66. The summed E-state index contributed by atoms with van der Waals surface area (Å²) in [5, 5.41) is 8.74. The van der Waals surface area contributed by atoms with E-state index < -0.39 is 5.97 Å². The van der Waals surface area contributed by atoms with E-state index in [0.717, 1.165) is 16.7 Å². The van der Waals surface area contributed by atoms with Crippen LogP contribution in [0.5, 0.6) is 0 Å². The molecule has 0 radical (unpaired) electrons. The van der Waals surface area contributed by atoms with Gasteiger partial charge in [-0.2, -0.15) is 5.26 Å². The third-order valence-electron chi connectivity index (χ3n) is 3.88. The van der Waals surface area contributed by atoms with Crippen LogP contribution < -0.4 is 0 Å². The van der Waals surface area contributed by atoms with E-state index in [1.54, 1.807) is 37.4 Å². The molecule has 0 fully saturated rings. The maximum atomic E-state index is 12.1. The molecule has 0 aliphatic carbocycles. The van der Waals surface area contributed by atoms with Crippen molar-refractivity contribution in [3.05, 3.63) is 76.9 Å². The van der Waals surface area contributed by atoms with Crippen LogP contribution in [-0.2, 0) is 20.9 Å². The van der Waals surface area contributed by atoms with E-state index in [9.17, 15) is 9.59 Å². The standard InChI is InChI=1S/C21H20N2O3/c1-16-5-3-4-6-19(16)14-23(2)20(24)15-26-21(25)12-11-17-7-9-18(13-22)10-8-17/h3-12H,14-15H2,1-2H3/b12-11+. The minimum Gasteiger partial charge on any atom is -0.452 e. The highest BCUT2D eigenvalue weighted by atomic mass is 16.5. The Labute approximate surface area is 153 Å². The molecule has 0 spiro atoms. The van der Waals surface area contributed by atoms with Gasteiger partial charge >= 0.3 is 5.97 Å². The van der Waals surface area contributed by atoms with Gasteiger partial charge in [-0.05, 0) is 41.8 Å². The summed E-state index contributed by atoms with van der Waals surface area (Å²) in [6.07, 6.45) is 2.83. The maximum Gasteiger partial charge on any atom is 0.331 e. The molecule has 5 nitrogen and oxygen atoms in total. The molecule has 2 rings (SSSR count). The van der Waals surface area contributed by atoms with Crippen LogP contribution in [-0.4, -0.2) is 30.4 Å². The Hall–Kier alpha value is -3.39. The molecular formula is C21H20N2O3. The number of hydrogen-bond acceptors (Lipinski definition) is 4. The number of hydrogen-bond donors (Lipinski definition) is 0. The fourth-order valence-corrected chi connectivity index (χ4v) is 2.26. The lowest BCUT2D eigenvalue weighted by Crippen LogP contribution is -2.30. The first kappa shape index (κ1) is 18.9. The lowest BCUT2D eigenvalue weighted by Gasteiger charge is -2.18. The number of rotatable bonds is 6. The number of carbonyl (C=O) groups excluding carboxylic acids is 2. The second kappa shape index (κ2) is 9.19. The minimum atomic E-state index is -0.591. The topological polar surface area (TPSA) is 70.4 Å². The Balaban J connectivity index is 1.82. The van der Waals surface area contributed by atoms with E-state index in [-0.39, 0.29) is 12.5 Å². The molecule has 0 bridgehead atoms. The van der Waals surface area contributed by atoms with E-state index in [1.165, 1.54) is 11.0 Å². The van der Waals surface area contributed by atoms with Gasteiger partial charge < -0.3 is 9.64 Å². The van der Waals surface area contributed by atoms with Crippen molar-refractivity contribution in [2.24, 2.45) is 0 Å². The van der Waals surface area contributed by atoms with E-state index in [0.29, 0.717) is 12.1 Å². The lowest BCUT2D eigenvalue weighted by atomic mass is 10.1. The van der Waals surface area contributed by atoms with Crippen molar-refractivity contribution < 1.29 is 14.3 Å². The molecule has 1 amide bonds. The van der Waals surface area contributed by atoms with Crippen molar-refractivity contribution in [1.29, 1.82) is 5.26 Å². The van der Waals surface area contributed by atoms with Gasteiger partial charge in [0.1, 0.15) is 0 Å². The van der Waals surface area contributed by atoms with Crippen molar-refractivity contribution in [1.82, 2.24) is 4.90 Å². The summed E-state index contributed by atoms with van der Waals surface area (Å²) >= 11 is 0. The minimum absolute atomic E-state index is 0.270. The highest BCUT2D eigenvalue weighted by molar-refractivity contribution is 5.89. The second-order valence-electron chi connectivity index (χ2n) is 5.85. The monoisotopic (exact) mass is 348 g/mol. The summed E-state index contributed by atoms with van der Waals surface area (Å²) in [7, 11) is 1.68. The fourth-order valence-electron chi connectivity index (χ4n) is 2.26. The van der Waals surface area contributed by atoms with Crippen LogP contribution in [0.4, 0.5) is 0 Å². The Kier molecular flexibility index (Phi) is 6.69. The van der Waals surface area contributed by atoms with Crippen LogP contribution in [0.15, 0.2) is 54.6 Å². The molecule has 0 N–H and O–H groups in total. The number of ether oxygens (including phenoxy) is 1. The first-order chi connectivity index (χ1) is 12.5. The average molecular weight is 348 g/mol. The molecule has 0 atom stereocenters. The van der Waals surface area contributed by atoms with Crippen LogP contribution in [0.1, 0.15) is 22.3 Å². The van der Waals surface area contributed by atoms with Crippen molar-refractivity contribution >= 4 is 18.0 Å². The summed E-state index contributed by atoms with van der Waals surface area (Å²) in [4.78, 5) is 25.4. The van der Waals surface area contributed by atoms with E-state index in [4.69, 9.17) is 10.00 Å². The second-order valence-corrected chi connectivity index (χ2v) is 5.85. The number of esters is 1. The van der Waals surface area contributed by atoms with Crippen molar-refractivity contribution in [2.45, 2.75) is 13.5 Å². The van der Waals surface area contributed by atoms with Crippen LogP contribution in [0.3, 0.4) is 0 Å². The van der Waals surface area contributed by atoms with Gasteiger partial charge in [0.05, 0.1) is 11.6 Å². The maximum absolute atomic E-state index is 12.1. The van der Waals surface area contributed by atoms with Gasteiger partial charge in [-0.15, -0.1) is 0 Å². The van der Waals surface area contributed by atoms with Crippen LogP contribution >= 0.6 is 0 Å². The van der Waals surface area contributed by atoms with Gasteiger partial charge in [-0.25, -0.2) is 4.79 Å². The van der Waals surface area contributed by atoms with Gasteiger partial charge in [0.25, 0.3) is 5.91 Å². The Morgan fingerprint density at radius 3 is 2.50 bits per heavy atom. The Bertz CT molecular complexity index is 848. The molecule has 132 valence electrons. The molecule has 0 aliphatic heterocycles. The molecular weight excluding hydrogens is 328 g/mol. The largest absolute Gasteiger partial charge is 0.452 e. The number of nitrogens with zero attached hydrogens (tertiary/aromatic N) is 2. The third kappa shape index (κ3) is 5.60. The van der Waals surface area contributed by atoms with Gasteiger partial charge in [0.2, 0.25) is 0 Å². The summed E-state index contributed by atoms with van der Waals surface area (Å²) in [6.45, 7) is 2.14. The van der Waals surface area contributed by atoms with Crippen LogP contribution in [0.25, 0.3) is 6.08 Å². The predicted molar refractivity (Wildman–Crippen MR) is 98.8 cm³/mol.